The van der Waals surface area contributed by atoms with Gasteiger partial charge in [0.25, 0.3) is 5.56 Å². The van der Waals surface area contributed by atoms with Crippen LogP contribution in [0.15, 0.2) is 90.0 Å². The molecule has 0 radical (unpaired) electrons. The van der Waals surface area contributed by atoms with Gasteiger partial charge in [-0.1, -0.05) is 60.7 Å². The van der Waals surface area contributed by atoms with Crippen LogP contribution in [-0.4, -0.2) is 27.1 Å². The maximum atomic E-state index is 13.5. The van der Waals surface area contributed by atoms with Crippen LogP contribution in [0.2, 0.25) is 0 Å². The second-order valence-corrected chi connectivity index (χ2v) is 7.71. The van der Waals surface area contributed by atoms with Gasteiger partial charge < -0.3 is 14.6 Å². The quantitative estimate of drug-likeness (QED) is 0.434. The molecule has 0 saturated heterocycles. The highest BCUT2D eigenvalue weighted by atomic mass is 16.5. The zero-order valence-corrected chi connectivity index (χ0v) is 18.1. The monoisotopic (exact) mass is 438 g/mol. The zero-order chi connectivity index (χ0) is 22.8. The topological polar surface area (TPSA) is 78.2 Å². The van der Waals surface area contributed by atoms with Gasteiger partial charge in [-0.15, -0.1) is 0 Å². The summed E-state index contributed by atoms with van der Waals surface area (Å²) in [6.45, 7) is 0.367. The summed E-state index contributed by atoms with van der Waals surface area (Å²) in [5, 5.41) is 3.72. The number of anilines is 1. The van der Waals surface area contributed by atoms with Crippen molar-refractivity contribution in [3.8, 4) is 5.75 Å². The van der Waals surface area contributed by atoms with Gasteiger partial charge in [-0.3, -0.25) is 14.2 Å². The third-order valence-corrected chi connectivity index (χ3v) is 5.61. The van der Waals surface area contributed by atoms with E-state index in [-0.39, 0.29) is 18.0 Å². The van der Waals surface area contributed by atoms with E-state index in [0.29, 0.717) is 29.0 Å². The van der Waals surface area contributed by atoms with Crippen molar-refractivity contribution in [2.45, 2.75) is 13.1 Å². The summed E-state index contributed by atoms with van der Waals surface area (Å²) in [6, 6.07) is 24.6. The summed E-state index contributed by atoms with van der Waals surface area (Å²) in [7, 11) is 1.55. The van der Waals surface area contributed by atoms with Crippen LogP contribution in [0.5, 0.6) is 5.75 Å². The number of aromatic nitrogens is 3. The summed E-state index contributed by atoms with van der Waals surface area (Å²) in [5.41, 5.74) is 3.16. The molecule has 164 valence electrons. The average molecular weight is 438 g/mol. The Bertz CT molecular complexity index is 1520. The van der Waals surface area contributed by atoms with E-state index in [1.807, 2.05) is 66.7 Å². The van der Waals surface area contributed by atoms with Gasteiger partial charge in [0.2, 0.25) is 5.91 Å². The van der Waals surface area contributed by atoms with E-state index in [0.717, 1.165) is 16.5 Å². The number of fused-ring (bicyclic) bond motifs is 3. The molecule has 0 aliphatic heterocycles. The maximum Gasteiger partial charge on any atom is 0.278 e. The minimum atomic E-state index is -0.264. The lowest BCUT2D eigenvalue weighted by Gasteiger charge is -2.12. The molecule has 0 atom stereocenters. The number of benzene rings is 3. The van der Waals surface area contributed by atoms with E-state index in [2.05, 4.69) is 10.3 Å². The molecule has 5 rings (SSSR count). The molecule has 1 amide bonds. The van der Waals surface area contributed by atoms with Crippen LogP contribution in [0.3, 0.4) is 0 Å². The number of methoxy groups -OCH3 is 1. The van der Waals surface area contributed by atoms with Gasteiger partial charge in [-0.25, -0.2) is 4.98 Å². The van der Waals surface area contributed by atoms with Crippen LogP contribution in [0, 0.1) is 0 Å². The second-order valence-electron chi connectivity index (χ2n) is 7.71. The van der Waals surface area contributed by atoms with Crippen LogP contribution in [0.4, 0.5) is 5.69 Å². The number of nitrogens with one attached hydrogen (secondary N) is 1. The van der Waals surface area contributed by atoms with Crippen molar-refractivity contribution in [1.82, 2.24) is 14.1 Å². The molecule has 7 nitrogen and oxygen atoms in total. The summed E-state index contributed by atoms with van der Waals surface area (Å²) in [5.74, 6) is 0.306. The highest BCUT2D eigenvalue weighted by Gasteiger charge is 2.19. The first-order chi connectivity index (χ1) is 16.2. The van der Waals surface area contributed by atoms with Crippen LogP contribution in [-0.2, 0) is 17.9 Å². The van der Waals surface area contributed by atoms with Crippen molar-refractivity contribution in [1.29, 1.82) is 0 Å². The zero-order valence-electron chi connectivity index (χ0n) is 18.1. The number of para-hydroxylation sites is 3. The Kier molecular flexibility index (Phi) is 5.36. The van der Waals surface area contributed by atoms with E-state index in [1.165, 1.54) is 0 Å². The maximum absolute atomic E-state index is 13.5. The van der Waals surface area contributed by atoms with Crippen LogP contribution in [0.1, 0.15) is 5.56 Å². The first kappa shape index (κ1) is 20.5. The van der Waals surface area contributed by atoms with Crippen LogP contribution >= 0.6 is 0 Å². The molecule has 7 heteroatoms. The lowest BCUT2D eigenvalue weighted by Crippen LogP contribution is -2.25. The van der Waals surface area contributed by atoms with Crippen molar-refractivity contribution in [2.24, 2.45) is 0 Å². The molecule has 2 aromatic heterocycles. The molecule has 0 spiro atoms. The third-order valence-electron chi connectivity index (χ3n) is 5.61. The summed E-state index contributed by atoms with van der Waals surface area (Å²) in [6.07, 6.45) is 1.57. The Balaban J connectivity index is 1.58. The second kappa shape index (κ2) is 8.63. The number of carbonyl (C=O) groups is 1. The third kappa shape index (κ3) is 3.85. The lowest BCUT2D eigenvalue weighted by atomic mass is 10.2. The van der Waals surface area contributed by atoms with Crippen LogP contribution in [0.25, 0.3) is 21.9 Å². The first-order valence-corrected chi connectivity index (χ1v) is 10.6. The Morgan fingerprint density at radius 2 is 1.70 bits per heavy atom. The molecular formula is C26H22N4O3. The number of ether oxygens (including phenoxy) is 1. The molecule has 5 aromatic rings. The largest absolute Gasteiger partial charge is 0.495 e. The van der Waals surface area contributed by atoms with Crippen molar-refractivity contribution in [2.75, 3.05) is 12.4 Å². The number of rotatable bonds is 6. The minimum Gasteiger partial charge on any atom is -0.495 e. The molecule has 0 bridgehead atoms. The molecule has 1 N–H and O–H groups in total. The Morgan fingerprint density at radius 1 is 0.970 bits per heavy atom. The number of carbonyl (C=O) groups excluding carboxylic acids is 1. The summed E-state index contributed by atoms with van der Waals surface area (Å²) >= 11 is 0. The molecule has 33 heavy (non-hydrogen) atoms. The molecule has 0 aliphatic rings. The highest BCUT2D eigenvalue weighted by Crippen LogP contribution is 2.26. The van der Waals surface area contributed by atoms with Gasteiger partial charge in [0.1, 0.15) is 23.3 Å². The molecular weight excluding hydrogens is 416 g/mol. The van der Waals surface area contributed by atoms with E-state index in [1.54, 1.807) is 34.7 Å². The van der Waals surface area contributed by atoms with Gasteiger partial charge in [-0.2, -0.15) is 0 Å². The van der Waals surface area contributed by atoms with E-state index < -0.39 is 0 Å². The number of hydrogen-bond acceptors (Lipinski definition) is 4. The smallest absolute Gasteiger partial charge is 0.278 e. The Hall–Kier alpha value is -4.39. The van der Waals surface area contributed by atoms with Crippen molar-refractivity contribution in [3.63, 3.8) is 0 Å². The Labute approximate surface area is 189 Å². The van der Waals surface area contributed by atoms with Gasteiger partial charge >= 0.3 is 0 Å². The van der Waals surface area contributed by atoms with E-state index in [4.69, 9.17) is 4.74 Å². The van der Waals surface area contributed by atoms with Crippen LogP contribution < -0.4 is 15.6 Å². The normalized spacial score (nSPS) is 11.1. The molecule has 2 heterocycles. The molecule has 3 aromatic carbocycles. The fourth-order valence-corrected chi connectivity index (χ4v) is 4.09. The minimum absolute atomic E-state index is 0.0334. The first-order valence-electron chi connectivity index (χ1n) is 10.6. The van der Waals surface area contributed by atoms with Crippen molar-refractivity contribution < 1.29 is 9.53 Å². The van der Waals surface area contributed by atoms with Gasteiger partial charge in [0, 0.05) is 5.39 Å². The average Bonchev–Trinajstić information content (AvgIpc) is 3.16. The van der Waals surface area contributed by atoms with Gasteiger partial charge in [0.15, 0.2) is 0 Å². The van der Waals surface area contributed by atoms with E-state index in [9.17, 15) is 9.59 Å². The highest BCUT2D eigenvalue weighted by molar-refractivity contribution is 6.06. The van der Waals surface area contributed by atoms with Crippen molar-refractivity contribution >= 4 is 33.5 Å². The summed E-state index contributed by atoms with van der Waals surface area (Å²) in [4.78, 5) is 31.1. The van der Waals surface area contributed by atoms with Gasteiger partial charge in [-0.05, 0) is 23.8 Å². The summed E-state index contributed by atoms with van der Waals surface area (Å²) < 4.78 is 8.65. The number of amides is 1. The Morgan fingerprint density at radius 3 is 2.52 bits per heavy atom. The van der Waals surface area contributed by atoms with Gasteiger partial charge in [0.05, 0.1) is 31.2 Å². The predicted molar refractivity (Wildman–Crippen MR) is 129 cm³/mol. The molecule has 0 saturated carbocycles. The predicted octanol–water partition coefficient (Wildman–Crippen LogP) is 4.05. The van der Waals surface area contributed by atoms with E-state index >= 15 is 0 Å². The number of nitrogens with zero attached hydrogens (tertiary/aromatic N) is 3. The molecule has 0 aliphatic carbocycles. The standard InChI is InChI=1S/C26H22N4O3/c1-33-22-14-8-6-12-20(22)28-23(31)16-30-21-13-7-5-11-19(21)24-25(30)26(32)29(17-27-24)15-18-9-3-2-4-10-18/h2-14,17H,15-16H2,1H3,(H,28,31). The molecule has 0 fully saturated rings. The van der Waals surface area contributed by atoms with Crippen molar-refractivity contribution in [3.05, 3.63) is 101 Å². The fraction of sp³-hybridized carbons (Fsp3) is 0.115. The molecule has 0 unspecified atom stereocenters. The SMILES string of the molecule is COc1ccccc1NC(=O)Cn1c2ccccc2c2ncn(Cc3ccccc3)c(=O)c21. The number of hydrogen-bond donors (Lipinski definition) is 1. The fourth-order valence-electron chi connectivity index (χ4n) is 4.09. The lowest BCUT2D eigenvalue weighted by molar-refractivity contribution is -0.116.